The van der Waals surface area contributed by atoms with E-state index in [0.717, 1.165) is 0 Å². The molecule has 2 saturated heterocycles. The number of aliphatic imine (C=N–C) groups is 1. The Morgan fingerprint density at radius 1 is 1.27 bits per heavy atom. The normalized spacial score (nSPS) is 19.2. The lowest BCUT2D eigenvalue weighted by Crippen LogP contribution is -2.67. The highest BCUT2D eigenvalue weighted by molar-refractivity contribution is 6.44. The van der Waals surface area contributed by atoms with E-state index >= 15 is 0 Å². The lowest BCUT2D eigenvalue weighted by atomic mass is 9.90. The molecule has 2 aromatic heterocycles. The summed E-state index contributed by atoms with van der Waals surface area (Å²) in [5.74, 6) is 0.171. The SMILES string of the molecule is C=Cc1c(F)ccc(-c2c(Cl)cc3c(nc(N4CC(C)(N(C)C)C4)c4nnn([C@H]5CCN(C(=O)OC(C)(C)C)[C@H](CC#N)C5)c43)c2Cl)c1/N=C\C. The van der Waals surface area contributed by atoms with Crippen molar-refractivity contribution in [2.45, 2.75) is 77.1 Å². The molecular weight excluding hydrogens is 692 g/mol. The molecule has 2 aliphatic rings. The van der Waals surface area contributed by atoms with Crippen molar-refractivity contribution in [1.29, 1.82) is 5.26 Å². The Hall–Kier alpha value is -4.31. The minimum absolute atomic E-state index is 0.0742. The van der Waals surface area contributed by atoms with Gasteiger partial charge < -0.3 is 19.4 Å². The number of benzene rings is 2. The first kappa shape index (κ1) is 36.5. The van der Waals surface area contributed by atoms with E-state index in [1.807, 2.05) is 25.5 Å². The fraction of sp³-hybridized carbons (Fsp3) is 0.459. The summed E-state index contributed by atoms with van der Waals surface area (Å²) in [5, 5.41) is 20.4. The standard InChI is InChI=1S/C37H42Cl2FN9O2/c1-9-23-27(40)12-11-24(30(23)42-10-2)28-26(38)18-25-31(29(28)39)43-34(47-19-37(6,20-47)46(7)8)32-33(25)49(45-44-32)22-14-16-48(21(17-22)13-15-41)35(50)51-36(3,4)5/h9-12,18,21-22H,1,13-14,16-17,19-20H2,2-8H3/b42-10-/t21-,22+/m1/s1. The van der Waals surface area contributed by atoms with Gasteiger partial charge in [0, 0.05) is 47.9 Å². The molecule has 51 heavy (non-hydrogen) atoms. The van der Waals surface area contributed by atoms with Crippen molar-refractivity contribution < 1.29 is 13.9 Å². The van der Waals surface area contributed by atoms with Crippen LogP contribution in [0.2, 0.25) is 10.0 Å². The van der Waals surface area contributed by atoms with Gasteiger partial charge in [-0.3, -0.25) is 4.99 Å². The second kappa shape index (κ2) is 13.7. The smallest absolute Gasteiger partial charge is 0.410 e. The molecule has 0 unspecified atom stereocenters. The van der Waals surface area contributed by atoms with E-state index in [1.165, 1.54) is 12.1 Å². The third-order valence-electron chi connectivity index (χ3n) is 9.90. The molecule has 0 aliphatic carbocycles. The predicted octanol–water partition coefficient (Wildman–Crippen LogP) is 8.45. The number of carbonyl (C=O) groups is 1. The zero-order chi connectivity index (χ0) is 37.0. The van der Waals surface area contributed by atoms with Crippen LogP contribution in [0, 0.1) is 17.1 Å². The Bertz CT molecular complexity index is 2110. The van der Waals surface area contributed by atoms with Gasteiger partial charge in [-0.1, -0.05) is 41.1 Å². The van der Waals surface area contributed by atoms with Gasteiger partial charge in [0.1, 0.15) is 16.9 Å². The summed E-state index contributed by atoms with van der Waals surface area (Å²) in [4.78, 5) is 28.8. The number of anilines is 1. The molecule has 0 spiro atoms. The highest BCUT2D eigenvalue weighted by Crippen LogP contribution is 2.48. The second-order valence-corrected chi connectivity index (χ2v) is 15.5. The summed E-state index contributed by atoms with van der Waals surface area (Å²) in [6, 6.07) is 6.42. The number of pyridine rings is 1. The van der Waals surface area contributed by atoms with Crippen LogP contribution in [-0.2, 0) is 4.74 Å². The average Bonchev–Trinajstić information content (AvgIpc) is 3.49. The summed E-state index contributed by atoms with van der Waals surface area (Å²) in [7, 11) is 4.11. The summed E-state index contributed by atoms with van der Waals surface area (Å²) in [6.07, 6.45) is 3.72. The maximum absolute atomic E-state index is 14.9. The topological polar surface area (TPSA) is 116 Å². The molecule has 14 heteroatoms. The van der Waals surface area contributed by atoms with Crippen molar-refractivity contribution in [3.63, 3.8) is 0 Å². The van der Waals surface area contributed by atoms with E-state index in [0.29, 0.717) is 82.1 Å². The Morgan fingerprint density at radius 2 is 2.00 bits per heavy atom. The molecule has 0 N–H and O–H groups in total. The van der Waals surface area contributed by atoms with Gasteiger partial charge in [-0.2, -0.15) is 5.26 Å². The number of carbonyl (C=O) groups excluding carboxylic acids is 1. The number of aromatic nitrogens is 4. The second-order valence-electron chi connectivity index (χ2n) is 14.7. The van der Waals surface area contributed by atoms with Crippen molar-refractivity contribution in [1.82, 2.24) is 29.8 Å². The Labute approximate surface area is 307 Å². The quantitative estimate of drug-likeness (QED) is 0.174. The van der Waals surface area contributed by atoms with E-state index in [9.17, 15) is 14.4 Å². The van der Waals surface area contributed by atoms with Crippen LogP contribution in [0.15, 0.2) is 29.8 Å². The molecular formula is C37H42Cl2FN9O2. The molecule has 11 nitrogen and oxygen atoms in total. The Balaban J connectivity index is 1.54. The van der Waals surface area contributed by atoms with Gasteiger partial charge in [0.25, 0.3) is 0 Å². The number of hydrogen-bond acceptors (Lipinski definition) is 9. The molecule has 6 rings (SSSR count). The fourth-order valence-electron chi connectivity index (χ4n) is 7.04. The van der Waals surface area contributed by atoms with E-state index < -0.39 is 17.5 Å². The first-order chi connectivity index (χ1) is 24.1. The molecule has 4 aromatic rings. The predicted molar refractivity (Wildman–Crippen MR) is 202 cm³/mol. The fourth-order valence-corrected chi connectivity index (χ4v) is 7.74. The van der Waals surface area contributed by atoms with Crippen molar-refractivity contribution in [3.05, 3.63) is 46.2 Å². The molecule has 268 valence electrons. The van der Waals surface area contributed by atoms with Gasteiger partial charge in [0.2, 0.25) is 0 Å². The van der Waals surface area contributed by atoms with Crippen molar-refractivity contribution in [3.8, 4) is 17.2 Å². The summed E-state index contributed by atoms with van der Waals surface area (Å²) >= 11 is 14.4. The highest BCUT2D eigenvalue weighted by atomic mass is 35.5. The van der Waals surface area contributed by atoms with E-state index in [1.54, 1.807) is 30.2 Å². The van der Waals surface area contributed by atoms with Crippen LogP contribution in [0.25, 0.3) is 39.1 Å². The number of likely N-dealkylation sites (N-methyl/N-ethyl adjacent to an activating group) is 1. The molecule has 2 fully saturated rings. The van der Waals surface area contributed by atoms with Crippen LogP contribution in [0.4, 0.5) is 20.7 Å². The van der Waals surface area contributed by atoms with Crippen LogP contribution < -0.4 is 4.90 Å². The van der Waals surface area contributed by atoms with Gasteiger partial charge in [0.15, 0.2) is 11.3 Å². The highest BCUT2D eigenvalue weighted by Gasteiger charge is 2.43. The van der Waals surface area contributed by atoms with Gasteiger partial charge in [0.05, 0.1) is 51.4 Å². The number of halogens is 3. The number of ether oxygens (including phenoxy) is 1. The number of nitriles is 1. The number of likely N-dealkylation sites (tertiary alicyclic amines) is 1. The molecule has 0 radical (unpaired) electrons. The first-order valence-corrected chi connectivity index (χ1v) is 17.7. The number of hydrogen-bond donors (Lipinski definition) is 0. The van der Waals surface area contributed by atoms with E-state index in [-0.39, 0.29) is 34.6 Å². The zero-order valence-electron chi connectivity index (χ0n) is 30.0. The first-order valence-electron chi connectivity index (χ1n) is 16.9. The lowest BCUT2D eigenvalue weighted by Gasteiger charge is -2.52. The van der Waals surface area contributed by atoms with E-state index in [4.69, 9.17) is 43.2 Å². The molecule has 4 heterocycles. The monoisotopic (exact) mass is 733 g/mol. The number of piperidine rings is 1. The number of nitrogens with zero attached hydrogens (tertiary/aromatic N) is 9. The third kappa shape index (κ3) is 6.52. The summed E-state index contributed by atoms with van der Waals surface area (Å²) in [6.45, 7) is 15.0. The van der Waals surface area contributed by atoms with Crippen LogP contribution >= 0.6 is 23.2 Å². The third-order valence-corrected chi connectivity index (χ3v) is 10.6. The van der Waals surface area contributed by atoms with Crippen molar-refractivity contribution in [2.75, 3.05) is 38.6 Å². The maximum Gasteiger partial charge on any atom is 0.410 e. The number of fused-ring (bicyclic) bond motifs is 3. The largest absolute Gasteiger partial charge is 0.444 e. The Kier molecular flexibility index (Phi) is 9.78. The summed E-state index contributed by atoms with van der Waals surface area (Å²) < 4.78 is 22.5. The minimum atomic E-state index is -0.669. The van der Waals surface area contributed by atoms with Crippen LogP contribution in [0.3, 0.4) is 0 Å². The number of rotatable bonds is 7. The number of amides is 1. The molecule has 0 bridgehead atoms. The van der Waals surface area contributed by atoms with Crippen molar-refractivity contribution in [2.24, 2.45) is 4.99 Å². The lowest BCUT2D eigenvalue weighted by molar-refractivity contribution is 0.00557. The van der Waals surface area contributed by atoms with Crippen LogP contribution in [-0.4, -0.2) is 93.0 Å². The van der Waals surface area contributed by atoms with Gasteiger partial charge >= 0.3 is 6.09 Å². The van der Waals surface area contributed by atoms with Crippen molar-refractivity contribution >= 4 is 75.0 Å². The van der Waals surface area contributed by atoms with Gasteiger partial charge in [-0.15, -0.1) is 5.10 Å². The minimum Gasteiger partial charge on any atom is -0.444 e. The average molecular weight is 735 g/mol. The zero-order valence-corrected chi connectivity index (χ0v) is 31.5. The van der Waals surface area contributed by atoms with E-state index in [2.05, 4.69) is 48.5 Å². The molecule has 2 atom stereocenters. The van der Waals surface area contributed by atoms with Gasteiger partial charge in [-0.05, 0) is 79.8 Å². The van der Waals surface area contributed by atoms with Gasteiger partial charge in [-0.25, -0.2) is 18.9 Å². The molecule has 0 saturated carbocycles. The molecule has 1 amide bonds. The Morgan fingerprint density at radius 3 is 2.63 bits per heavy atom. The summed E-state index contributed by atoms with van der Waals surface area (Å²) in [5.41, 5.74) is 2.63. The molecule has 2 aromatic carbocycles. The van der Waals surface area contributed by atoms with Crippen LogP contribution in [0.5, 0.6) is 0 Å². The maximum atomic E-state index is 14.9. The van der Waals surface area contributed by atoms with Crippen LogP contribution in [0.1, 0.15) is 65.5 Å². The molecule has 2 aliphatic heterocycles.